The van der Waals surface area contributed by atoms with E-state index in [0.29, 0.717) is 5.56 Å². The molecule has 1 N–H and O–H groups in total. The molecule has 2 aromatic carbocycles. The van der Waals surface area contributed by atoms with Crippen molar-refractivity contribution < 1.29 is 13.2 Å². The number of anilines is 2. The number of benzene rings is 2. The van der Waals surface area contributed by atoms with Gasteiger partial charge in [0.2, 0.25) is 0 Å². The molecule has 6 heteroatoms. The number of nitrogens with one attached hydrogen (secondary N) is 1. The number of rotatable bonds is 4. The third kappa shape index (κ3) is 4.43. The van der Waals surface area contributed by atoms with Gasteiger partial charge in [-0.2, -0.15) is 0 Å². The van der Waals surface area contributed by atoms with Crippen LogP contribution in [0, 0.1) is 0 Å². The van der Waals surface area contributed by atoms with Crippen LogP contribution in [0.1, 0.15) is 36.0 Å². The number of sulfone groups is 1. The van der Waals surface area contributed by atoms with Gasteiger partial charge < -0.3 is 10.2 Å². The third-order valence-electron chi connectivity index (χ3n) is 4.62. The second kappa shape index (κ2) is 7.91. The molecule has 0 atom stereocenters. The second-order valence-corrected chi connectivity index (χ2v) is 8.69. The normalized spacial score (nSPS) is 15.3. The van der Waals surface area contributed by atoms with Gasteiger partial charge in [0, 0.05) is 24.9 Å². The van der Waals surface area contributed by atoms with E-state index in [1.165, 1.54) is 25.0 Å². The van der Waals surface area contributed by atoms with Crippen molar-refractivity contribution in [2.45, 2.75) is 30.6 Å². The fourth-order valence-electron chi connectivity index (χ4n) is 3.23. The molecule has 1 fully saturated rings. The minimum absolute atomic E-state index is 0.144. The molecule has 0 bridgehead atoms. The molecule has 1 heterocycles. The Kier molecular flexibility index (Phi) is 5.61. The summed E-state index contributed by atoms with van der Waals surface area (Å²) in [5.41, 5.74) is 2.10. The van der Waals surface area contributed by atoms with Crippen LogP contribution in [0.25, 0.3) is 0 Å². The number of nitrogens with zero attached hydrogens (tertiary/aromatic N) is 1. The lowest BCUT2D eigenvalue weighted by Crippen LogP contribution is -2.25. The van der Waals surface area contributed by atoms with Crippen LogP contribution in [-0.2, 0) is 9.84 Å². The molecule has 1 aliphatic rings. The highest BCUT2D eigenvalue weighted by Crippen LogP contribution is 2.28. The van der Waals surface area contributed by atoms with E-state index in [9.17, 15) is 13.2 Å². The van der Waals surface area contributed by atoms with E-state index in [0.717, 1.165) is 43.6 Å². The Hall–Kier alpha value is -2.34. The van der Waals surface area contributed by atoms with Crippen LogP contribution < -0.4 is 10.2 Å². The topological polar surface area (TPSA) is 66.5 Å². The van der Waals surface area contributed by atoms with Crippen LogP contribution in [0.5, 0.6) is 0 Å². The standard InChI is InChI=1S/C20H24N2O3S/c1-26(24,25)17-10-8-9-16(15-17)20(23)21-18-11-4-5-12-19(18)22-13-6-2-3-7-14-22/h4-5,8-12,15H,2-3,6-7,13-14H2,1H3,(H,21,23). The van der Waals surface area contributed by atoms with Crippen LogP contribution in [0.15, 0.2) is 53.4 Å². The molecule has 26 heavy (non-hydrogen) atoms. The van der Waals surface area contributed by atoms with E-state index < -0.39 is 9.84 Å². The first-order valence-corrected chi connectivity index (χ1v) is 10.8. The minimum atomic E-state index is -3.35. The molecule has 0 radical (unpaired) electrons. The largest absolute Gasteiger partial charge is 0.370 e. The maximum Gasteiger partial charge on any atom is 0.255 e. The minimum Gasteiger partial charge on any atom is -0.370 e. The highest BCUT2D eigenvalue weighted by Gasteiger charge is 2.16. The number of carbonyl (C=O) groups excluding carboxylic acids is 1. The Bertz CT molecular complexity index is 885. The maximum absolute atomic E-state index is 12.7. The molecule has 2 aromatic rings. The Morgan fingerprint density at radius 1 is 0.962 bits per heavy atom. The van der Waals surface area contributed by atoms with E-state index in [2.05, 4.69) is 10.2 Å². The van der Waals surface area contributed by atoms with Gasteiger partial charge in [0.25, 0.3) is 5.91 Å². The zero-order valence-corrected chi connectivity index (χ0v) is 15.8. The average Bonchev–Trinajstić information content (AvgIpc) is 2.91. The number of hydrogen-bond donors (Lipinski definition) is 1. The van der Waals surface area contributed by atoms with E-state index in [-0.39, 0.29) is 10.8 Å². The van der Waals surface area contributed by atoms with E-state index in [1.54, 1.807) is 12.1 Å². The zero-order chi connectivity index (χ0) is 18.6. The Morgan fingerprint density at radius 3 is 2.35 bits per heavy atom. The van der Waals surface area contributed by atoms with Crippen LogP contribution in [0.2, 0.25) is 0 Å². The molecule has 0 aliphatic carbocycles. The molecule has 5 nitrogen and oxygen atoms in total. The van der Waals surface area contributed by atoms with Crippen LogP contribution >= 0.6 is 0 Å². The fourth-order valence-corrected chi connectivity index (χ4v) is 3.90. The summed E-state index contributed by atoms with van der Waals surface area (Å²) in [6, 6.07) is 13.9. The van der Waals surface area contributed by atoms with Crippen molar-refractivity contribution in [1.82, 2.24) is 0 Å². The monoisotopic (exact) mass is 372 g/mol. The quantitative estimate of drug-likeness (QED) is 0.888. The molecule has 138 valence electrons. The summed E-state index contributed by atoms with van der Waals surface area (Å²) in [6.45, 7) is 1.97. The summed E-state index contributed by atoms with van der Waals surface area (Å²) >= 11 is 0. The Morgan fingerprint density at radius 2 is 1.65 bits per heavy atom. The number of hydrogen-bond acceptors (Lipinski definition) is 4. The molecule has 0 aromatic heterocycles. The smallest absolute Gasteiger partial charge is 0.255 e. The predicted molar refractivity (Wildman–Crippen MR) is 105 cm³/mol. The van der Waals surface area contributed by atoms with Gasteiger partial charge in [0.1, 0.15) is 0 Å². The molecule has 0 spiro atoms. The summed E-state index contributed by atoms with van der Waals surface area (Å²) in [7, 11) is -3.35. The summed E-state index contributed by atoms with van der Waals surface area (Å²) < 4.78 is 23.4. The SMILES string of the molecule is CS(=O)(=O)c1cccc(C(=O)Nc2ccccc2N2CCCCCC2)c1. The zero-order valence-electron chi connectivity index (χ0n) is 14.9. The molecule has 1 amide bonds. The number of amides is 1. The molecule has 0 saturated carbocycles. The van der Waals surface area contributed by atoms with Crippen LogP contribution in [0.4, 0.5) is 11.4 Å². The van der Waals surface area contributed by atoms with Crippen LogP contribution in [0.3, 0.4) is 0 Å². The summed E-state index contributed by atoms with van der Waals surface area (Å²) in [5, 5.41) is 2.95. The summed E-state index contributed by atoms with van der Waals surface area (Å²) in [4.78, 5) is 15.1. The summed E-state index contributed by atoms with van der Waals surface area (Å²) in [6.07, 6.45) is 5.92. The lowest BCUT2D eigenvalue weighted by Gasteiger charge is -2.25. The third-order valence-corrected chi connectivity index (χ3v) is 5.73. The van der Waals surface area contributed by atoms with E-state index >= 15 is 0 Å². The Labute approximate surface area is 154 Å². The molecule has 1 saturated heterocycles. The van der Waals surface area contributed by atoms with Gasteiger partial charge in [-0.1, -0.05) is 31.0 Å². The predicted octanol–water partition coefficient (Wildman–Crippen LogP) is 3.72. The van der Waals surface area contributed by atoms with Crippen LogP contribution in [-0.4, -0.2) is 33.7 Å². The van der Waals surface area contributed by atoms with Gasteiger partial charge in [0.05, 0.1) is 16.3 Å². The average molecular weight is 372 g/mol. The second-order valence-electron chi connectivity index (χ2n) is 6.67. The van der Waals surface area contributed by atoms with Gasteiger partial charge >= 0.3 is 0 Å². The molecule has 1 aliphatic heterocycles. The van der Waals surface area contributed by atoms with Gasteiger partial charge in [-0.15, -0.1) is 0 Å². The highest BCUT2D eigenvalue weighted by atomic mass is 32.2. The first-order chi connectivity index (χ1) is 12.4. The van der Waals surface area contributed by atoms with Crippen molar-refractivity contribution in [3.8, 4) is 0 Å². The van der Waals surface area contributed by atoms with Crippen molar-refractivity contribution in [3.05, 3.63) is 54.1 Å². The van der Waals surface area contributed by atoms with Gasteiger partial charge in [-0.25, -0.2) is 8.42 Å². The van der Waals surface area contributed by atoms with Gasteiger partial charge in [0.15, 0.2) is 9.84 Å². The van der Waals surface area contributed by atoms with Crippen molar-refractivity contribution in [2.75, 3.05) is 29.6 Å². The lowest BCUT2D eigenvalue weighted by atomic mass is 10.2. The van der Waals surface area contributed by atoms with Crippen molar-refractivity contribution in [3.63, 3.8) is 0 Å². The Balaban J connectivity index is 1.84. The molecular formula is C20H24N2O3S. The first kappa shape index (κ1) is 18.5. The van der Waals surface area contributed by atoms with Gasteiger partial charge in [-0.05, 0) is 43.2 Å². The number of carbonyl (C=O) groups is 1. The highest BCUT2D eigenvalue weighted by molar-refractivity contribution is 7.90. The fraction of sp³-hybridized carbons (Fsp3) is 0.350. The van der Waals surface area contributed by atoms with Crippen molar-refractivity contribution in [2.24, 2.45) is 0 Å². The maximum atomic E-state index is 12.7. The van der Waals surface area contributed by atoms with Crippen molar-refractivity contribution in [1.29, 1.82) is 0 Å². The molecular weight excluding hydrogens is 348 g/mol. The van der Waals surface area contributed by atoms with Gasteiger partial charge in [-0.3, -0.25) is 4.79 Å². The van der Waals surface area contributed by atoms with E-state index in [4.69, 9.17) is 0 Å². The summed E-state index contributed by atoms with van der Waals surface area (Å²) in [5.74, 6) is -0.308. The van der Waals surface area contributed by atoms with E-state index in [1.807, 2.05) is 24.3 Å². The molecule has 0 unspecified atom stereocenters. The lowest BCUT2D eigenvalue weighted by molar-refractivity contribution is 0.102. The number of para-hydroxylation sites is 2. The van der Waals surface area contributed by atoms with Crippen molar-refractivity contribution >= 4 is 27.1 Å². The molecule has 3 rings (SSSR count). The first-order valence-electron chi connectivity index (χ1n) is 8.90.